The number of benzene rings is 2. The van der Waals surface area contributed by atoms with Crippen LogP contribution in [0.3, 0.4) is 0 Å². The normalized spacial score (nSPS) is 10.4. The number of amides is 3. The first-order chi connectivity index (χ1) is 16.1. The second-order valence-electron chi connectivity index (χ2n) is 7.16. The lowest BCUT2D eigenvalue weighted by Gasteiger charge is -2.09. The van der Waals surface area contributed by atoms with Crippen LogP contribution in [0.4, 0.5) is 10.5 Å². The van der Waals surface area contributed by atoms with Gasteiger partial charge in [0.25, 0.3) is 5.91 Å². The van der Waals surface area contributed by atoms with Crippen molar-refractivity contribution in [3.63, 3.8) is 0 Å². The van der Waals surface area contributed by atoms with Crippen LogP contribution < -0.4 is 25.4 Å². The molecule has 1 heterocycles. The fraction of sp³-hybridized carbons (Fsp3) is 0.292. The highest BCUT2D eigenvalue weighted by Crippen LogP contribution is 2.18. The van der Waals surface area contributed by atoms with E-state index in [0.29, 0.717) is 35.3 Å². The first kappa shape index (κ1) is 24.1. The molecule has 9 heteroatoms. The summed E-state index contributed by atoms with van der Waals surface area (Å²) in [6, 6.07) is 14.4. The smallest absolute Gasteiger partial charge is 0.319 e. The molecule has 33 heavy (non-hydrogen) atoms. The van der Waals surface area contributed by atoms with Gasteiger partial charge in [0, 0.05) is 23.2 Å². The van der Waals surface area contributed by atoms with E-state index in [9.17, 15) is 9.59 Å². The van der Waals surface area contributed by atoms with Crippen molar-refractivity contribution in [1.29, 1.82) is 0 Å². The number of urea groups is 1. The molecule has 0 saturated carbocycles. The van der Waals surface area contributed by atoms with Crippen LogP contribution in [0.2, 0.25) is 0 Å². The van der Waals surface area contributed by atoms with E-state index in [2.05, 4.69) is 27.9 Å². The van der Waals surface area contributed by atoms with Crippen molar-refractivity contribution in [2.45, 2.75) is 32.9 Å². The zero-order chi connectivity index (χ0) is 23.5. The van der Waals surface area contributed by atoms with Gasteiger partial charge in [0.1, 0.15) is 22.2 Å². The fourth-order valence-electron chi connectivity index (χ4n) is 2.91. The second kappa shape index (κ2) is 12.4. The van der Waals surface area contributed by atoms with Crippen LogP contribution in [0.1, 0.15) is 40.8 Å². The van der Waals surface area contributed by atoms with E-state index in [1.165, 1.54) is 11.3 Å². The van der Waals surface area contributed by atoms with E-state index in [0.717, 1.165) is 24.2 Å². The van der Waals surface area contributed by atoms with Crippen LogP contribution in [0.15, 0.2) is 53.9 Å². The third-order valence-electron chi connectivity index (χ3n) is 4.70. The number of rotatable bonds is 11. The quantitative estimate of drug-likeness (QED) is 0.358. The summed E-state index contributed by atoms with van der Waals surface area (Å²) in [5, 5.41) is 10.7. The molecule has 0 fully saturated rings. The Bertz CT molecular complexity index is 1050. The SMILES string of the molecule is CCCCOc1ccc(NC(=O)NCc2nc(C(=O)NCc3ccccc3OC)cs2)cc1. The Morgan fingerprint density at radius 3 is 2.58 bits per heavy atom. The topological polar surface area (TPSA) is 102 Å². The van der Waals surface area contributed by atoms with E-state index in [-0.39, 0.29) is 18.5 Å². The van der Waals surface area contributed by atoms with Crippen LogP contribution in [-0.2, 0) is 13.1 Å². The van der Waals surface area contributed by atoms with Gasteiger partial charge < -0.3 is 25.4 Å². The van der Waals surface area contributed by atoms with Crippen molar-refractivity contribution in [2.75, 3.05) is 19.0 Å². The zero-order valence-corrected chi connectivity index (χ0v) is 19.5. The molecule has 174 valence electrons. The number of aromatic nitrogens is 1. The number of para-hydroxylation sites is 1. The maximum Gasteiger partial charge on any atom is 0.319 e. The Labute approximate surface area is 197 Å². The van der Waals surface area contributed by atoms with Crippen molar-refractivity contribution in [3.05, 3.63) is 70.2 Å². The molecular weight excluding hydrogens is 440 g/mol. The molecule has 0 bridgehead atoms. The summed E-state index contributed by atoms with van der Waals surface area (Å²) in [6.07, 6.45) is 2.08. The maximum atomic E-state index is 12.4. The molecule has 3 amide bonds. The number of carbonyl (C=O) groups excluding carboxylic acids is 2. The summed E-state index contributed by atoms with van der Waals surface area (Å²) < 4.78 is 10.9. The minimum atomic E-state index is -0.355. The fourth-order valence-corrected chi connectivity index (χ4v) is 3.63. The average molecular weight is 469 g/mol. The number of hydrogen-bond donors (Lipinski definition) is 3. The molecule has 0 radical (unpaired) electrons. The lowest BCUT2D eigenvalue weighted by molar-refractivity contribution is 0.0946. The zero-order valence-electron chi connectivity index (χ0n) is 18.7. The number of carbonyl (C=O) groups is 2. The standard InChI is InChI=1S/C24H28N4O4S/c1-3-4-13-32-19-11-9-18(10-12-19)27-24(30)26-15-22-28-20(16-33-22)23(29)25-14-17-7-5-6-8-21(17)31-2/h5-12,16H,3-4,13-15H2,1-2H3,(H,25,29)(H2,26,27,30). The first-order valence-corrected chi connectivity index (χ1v) is 11.6. The van der Waals surface area contributed by atoms with Crippen LogP contribution in [-0.4, -0.2) is 30.6 Å². The lowest BCUT2D eigenvalue weighted by Crippen LogP contribution is -2.28. The number of thiazole rings is 1. The number of nitrogens with one attached hydrogen (secondary N) is 3. The van der Waals surface area contributed by atoms with Crippen molar-refractivity contribution < 1.29 is 19.1 Å². The van der Waals surface area contributed by atoms with E-state index >= 15 is 0 Å². The van der Waals surface area contributed by atoms with Crippen LogP contribution in [0.25, 0.3) is 0 Å². The Balaban J connectivity index is 1.43. The molecule has 0 aliphatic rings. The number of methoxy groups -OCH3 is 1. The van der Waals surface area contributed by atoms with E-state index in [1.54, 1.807) is 24.6 Å². The molecule has 0 unspecified atom stereocenters. The van der Waals surface area contributed by atoms with Crippen molar-refractivity contribution in [1.82, 2.24) is 15.6 Å². The lowest BCUT2D eigenvalue weighted by atomic mass is 10.2. The Morgan fingerprint density at radius 1 is 1.03 bits per heavy atom. The van der Waals surface area contributed by atoms with E-state index in [4.69, 9.17) is 9.47 Å². The summed E-state index contributed by atoms with van der Waals surface area (Å²) in [5.74, 6) is 1.20. The summed E-state index contributed by atoms with van der Waals surface area (Å²) >= 11 is 1.31. The Hall–Kier alpha value is -3.59. The molecule has 0 spiro atoms. The van der Waals surface area contributed by atoms with Gasteiger partial charge in [0.15, 0.2) is 0 Å². The molecule has 8 nitrogen and oxygen atoms in total. The van der Waals surface area contributed by atoms with E-state index in [1.807, 2.05) is 36.4 Å². The summed E-state index contributed by atoms with van der Waals surface area (Å²) in [6.45, 7) is 3.34. The van der Waals surface area contributed by atoms with Gasteiger partial charge in [-0.25, -0.2) is 9.78 Å². The number of nitrogens with zero attached hydrogens (tertiary/aromatic N) is 1. The highest BCUT2D eigenvalue weighted by Gasteiger charge is 2.12. The van der Waals surface area contributed by atoms with Crippen LogP contribution >= 0.6 is 11.3 Å². The first-order valence-electron chi connectivity index (χ1n) is 10.7. The minimum absolute atomic E-state index is 0.217. The molecule has 0 saturated heterocycles. The molecule has 3 aromatic rings. The van der Waals surface area contributed by atoms with Crippen LogP contribution in [0.5, 0.6) is 11.5 Å². The summed E-state index contributed by atoms with van der Waals surface area (Å²) in [5.41, 5.74) is 1.85. The number of unbranched alkanes of at least 4 members (excludes halogenated alkanes) is 1. The van der Waals surface area contributed by atoms with Gasteiger partial charge in [0.05, 0.1) is 20.3 Å². The van der Waals surface area contributed by atoms with Gasteiger partial charge in [-0.05, 0) is 36.8 Å². The number of hydrogen-bond acceptors (Lipinski definition) is 6. The molecular formula is C24H28N4O4S. The van der Waals surface area contributed by atoms with Gasteiger partial charge in [-0.3, -0.25) is 4.79 Å². The Morgan fingerprint density at radius 2 is 1.82 bits per heavy atom. The van der Waals surface area contributed by atoms with Crippen molar-refractivity contribution >= 4 is 29.0 Å². The van der Waals surface area contributed by atoms with Crippen molar-refractivity contribution in [2.24, 2.45) is 0 Å². The number of anilines is 1. The van der Waals surface area contributed by atoms with Gasteiger partial charge in [-0.1, -0.05) is 31.5 Å². The number of ether oxygens (including phenoxy) is 2. The third-order valence-corrected chi connectivity index (χ3v) is 5.54. The van der Waals surface area contributed by atoms with Crippen LogP contribution in [0, 0.1) is 0 Å². The van der Waals surface area contributed by atoms with Gasteiger partial charge in [-0.2, -0.15) is 0 Å². The third kappa shape index (κ3) is 7.50. The highest BCUT2D eigenvalue weighted by atomic mass is 32.1. The largest absolute Gasteiger partial charge is 0.496 e. The predicted molar refractivity (Wildman–Crippen MR) is 129 cm³/mol. The molecule has 0 aliphatic carbocycles. The van der Waals surface area contributed by atoms with Crippen molar-refractivity contribution in [3.8, 4) is 11.5 Å². The second-order valence-corrected chi connectivity index (χ2v) is 8.10. The highest BCUT2D eigenvalue weighted by molar-refractivity contribution is 7.09. The average Bonchev–Trinajstić information content (AvgIpc) is 3.32. The van der Waals surface area contributed by atoms with Gasteiger partial charge in [-0.15, -0.1) is 11.3 Å². The van der Waals surface area contributed by atoms with Gasteiger partial charge in [0.2, 0.25) is 0 Å². The molecule has 0 aliphatic heterocycles. The van der Waals surface area contributed by atoms with Gasteiger partial charge >= 0.3 is 6.03 Å². The predicted octanol–water partition coefficient (Wildman–Crippen LogP) is 4.58. The monoisotopic (exact) mass is 468 g/mol. The Kier molecular flexibility index (Phi) is 9.08. The summed E-state index contributed by atoms with van der Waals surface area (Å²) in [4.78, 5) is 28.9. The minimum Gasteiger partial charge on any atom is -0.496 e. The molecule has 1 aromatic heterocycles. The summed E-state index contributed by atoms with van der Waals surface area (Å²) in [7, 11) is 1.59. The molecule has 0 atom stereocenters. The maximum absolute atomic E-state index is 12.4. The molecule has 2 aromatic carbocycles. The molecule has 3 rings (SSSR count). The van der Waals surface area contributed by atoms with E-state index < -0.39 is 0 Å². The molecule has 3 N–H and O–H groups in total.